The van der Waals surface area contributed by atoms with Crippen molar-refractivity contribution in [1.29, 1.82) is 0 Å². The van der Waals surface area contributed by atoms with Crippen LogP contribution in [0.25, 0.3) is 0 Å². The number of Topliss-reactive ketones (excluding diaryl/α,β-unsaturated/α-hetero) is 1. The van der Waals surface area contributed by atoms with E-state index in [1.807, 2.05) is 12.2 Å². The molecule has 0 radical (unpaired) electrons. The number of rotatable bonds is 9. The number of ketones is 1. The van der Waals surface area contributed by atoms with Gasteiger partial charge in [-0.3, -0.25) is 18.7 Å². The first-order valence-corrected chi connectivity index (χ1v) is 10.3. The summed E-state index contributed by atoms with van der Waals surface area (Å²) < 4.78 is 2.26. The van der Waals surface area contributed by atoms with Gasteiger partial charge in [-0.15, -0.1) is 0 Å². The molecule has 29 heavy (non-hydrogen) atoms. The van der Waals surface area contributed by atoms with E-state index in [0.717, 1.165) is 16.6 Å². The lowest BCUT2D eigenvalue weighted by Gasteiger charge is -2.20. The summed E-state index contributed by atoms with van der Waals surface area (Å²) >= 11 is 0. The van der Waals surface area contributed by atoms with Gasteiger partial charge in [-0.05, 0) is 18.4 Å². The van der Waals surface area contributed by atoms with Crippen molar-refractivity contribution >= 4 is 11.6 Å². The number of nitrogen functional groups attached to an aromatic ring is 1. The average molecular weight is 402 g/mol. The topological polar surface area (TPSA) is 104 Å². The van der Waals surface area contributed by atoms with Crippen molar-refractivity contribution in [2.45, 2.75) is 53.1 Å². The molecule has 158 valence electrons. The average Bonchev–Trinajstić information content (AvgIpc) is 2.70. The van der Waals surface area contributed by atoms with Gasteiger partial charge in [0.05, 0.1) is 0 Å². The Morgan fingerprint density at radius 1 is 1.14 bits per heavy atom. The number of hydrogen-bond donors (Lipinski definition) is 2. The fraction of sp³-hybridized carbons (Fsp3) is 0.500. The minimum Gasteiger partial charge on any atom is -0.384 e. The van der Waals surface area contributed by atoms with Crippen LogP contribution in [0.15, 0.2) is 33.9 Å². The maximum Gasteiger partial charge on any atom is 0.332 e. The number of aryl methyl sites for hydroxylation is 1. The van der Waals surface area contributed by atoms with Crippen molar-refractivity contribution in [3.05, 3.63) is 61.8 Å². The third-order valence-corrected chi connectivity index (χ3v) is 5.36. The van der Waals surface area contributed by atoms with Crippen molar-refractivity contribution in [1.82, 2.24) is 9.13 Å². The van der Waals surface area contributed by atoms with Crippen LogP contribution in [0.1, 0.15) is 61.6 Å². The molecule has 2 rings (SSSR count). The van der Waals surface area contributed by atoms with E-state index in [1.54, 1.807) is 0 Å². The van der Waals surface area contributed by atoms with E-state index in [2.05, 4.69) is 45.0 Å². The molecule has 0 aliphatic heterocycles. The normalized spacial score (nSPS) is 12.3. The fourth-order valence-corrected chi connectivity index (χ4v) is 3.59. The third-order valence-electron chi connectivity index (χ3n) is 5.36. The highest BCUT2D eigenvalue weighted by Gasteiger charge is 2.25. The maximum absolute atomic E-state index is 12.9. The number of quaternary nitrogens is 1. The molecule has 0 unspecified atom stereocenters. The molecule has 4 N–H and O–H groups in total. The van der Waals surface area contributed by atoms with Gasteiger partial charge < -0.3 is 11.1 Å². The monoisotopic (exact) mass is 401 g/mol. The van der Waals surface area contributed by atoms with Crippen molar-refractivity contribution in [2.24, 2.45) is 13.0 Å². The zero-order valence-electron chi connectivity index (χ0n) is 18.1. The standard InChI is InChI=1S/C22H32N4O3/c1-6-12-26-20(23)18(21(28)25(5)22(26)29)17(27)13-24-19(14(3)4)16-10-8-15(7-2)9-11-16/h8-11,14,19,24H,6-7,12-13,23H2,1-5H3/p+1/t19-/m0/s1. The quantitative estimate of drug-likeness (QED) is 0.617. The zero-order chi connectivity index (χ0) is 21.7. The van der Waals surface area contributed by atoms with Gasteiger partial charge in [-0.2, -0.15) is 0 Å². The predicted molar refractivity (Wildman–Crippen MR) is 115 cm³/mol. The number of carbonyl (C=O) groups is 1. The molecule has 1 heterocycles. The summed E-state index contributed by atoms with van der Waals surface area (Å²) in [5, 5.41) is 1.95. The largest absolute Gasteiger partial charge is 0.384 e. The van der Waals surface area contributed by atoms with E-state index in [9.17, 15) is 14.4 Å². The first-order valence-electron chi connectivity index (χ1n) is 10.3. The molecule has 7 nitrogen and oxygen atoms in total. The molecule has 7 heteroatoms. The second-order valence-electron chi connectivity index (χ2n) is 7.79. The third kappa shape index (κ3) is 4.85. The lowest BCUT2D eigenvalue weighted by molar-refractivity contribution is -0.691. The molecule has 1 aromatic heterocycles. The van der Waals surface area contributed by atoms with Gasteiger partial charge in [-0.25, -0.2) is 4.79 Å². The molecule has 0 aliphatic rings. The highest BCUT2D eigenvalue weighted by molar-refractivity contribution is 6.00. The van der Waals surface area contributed by atoms with Gasteiger partial charge in [0.1, 0.15) is 24.0 Å². The van der Waals surface area contributed by atoms with Crippen LogP contribution in [0.4, 0.5) is 5.82 Å². The summed E-state index contributed by atoms with van der Waals surface area (Å²) in [5.41, 5.74) is 7.25. The Morgan fingerprint density at radius 2 is 1.76 bits per heavy atom. The van der Waals surface area contributed by atoms with Crippen LogP contribution in [0, 0.1) is 5.92 Å². The van der Waals surface area contributed by atoms with Gasteiger partial charge in [0.15, 0.2) is 0 Å². The second kappa shape index (κ2) is 9.69. The Balaban J connectivity index is 2.31. The molecule has 1 atom stereocenters. The number of nitrogens with two attached hydrogens (primary N) is 2. The number of anilines is 1. The number of carbonyl (C=O) groups excluding carboxylic acids is 1. The Labute approximate surface area is 171 Å². The summed E-state index contributed by atoms with van der Waals surface area (Å²) in [6.07, 6.45) is 1.65. The van der Waals surface area contributed by atoms with E-state index < -0.39 is 11.2 Å². The number of nitrogens with zero attached hydrogens (tertiary/aromatic N) is 2. The smallest absolute Gasteiger partial charge is 0.332 e. The molecular weight excluding hydrogens is 368 g/mol. The summed E-state index contributed by atoms with van der Waals surface area (Å²) in [4.78, 5) is 37.8. The van der Waals surface area contributed by atoms with Crippen LogP contribution in [0.2, 0.25) is 0 Å². The van der Waals surface area contributed by atoms with Crippen LogP contribution < -0.4 is 22.3 Å². The number of hydrogen-bond acceptors (Lipinski definition) is 4. The van der Waals surface area contributed by atoms with Gasteiger partial charge in [0.2, 0.25) is 5.78 Å². The van der Waals surface area contributed by atoms with Gasteiger partial charge in [0, 0.05) is 25.1 Å². The van der Waals surface area contributed by atoms with Crippen LogP contribution in [-0.2, 0) is 20.0 Å². The maximum atomic E-state index is 12.9. The van der Waals surface area contributed by atoms with E-state index in [0.29, 0.717) is 18.9 Å². The van der Waals surface area contributed by atoms with E-state index in [1.165, 1.54) is 17.2 Å². The fourth-order valence-electron chi connectivity index (χ4n) is 3.59. The molecule has 0 bridgehead atoms. The summed E-state index contributed by atoms with van der Waals surface area (Å²) in [6.45, 7) is 8.68. The molecular formula is C22H33N4O3+. The molecule has 0 spiro atoms. The van der Waals surface area contributed by atoms with Crippen molar-refractivity contribution < 1.29 is 10.1 Å². The highest BCUT2D eigenvalue weighted by Crippen LogP contribution is 2.18. The van der Waals surface area contributed by atoms with Crippen molar-refractivity contribution in [3.63, 3.8) is 0 Å². The summed E-state index contributed by atoms with van der Waals surface area (Å²) in [5.74, 6) is -0.0972. The van der Waals surface area contributed by atoms with Crippen LogP contribution in [0.3, 0.4) is 0 Å². The Hall–Kier alpha value is -2.67. The minimum absolute atomic E-state index is 0.0354. The van der Waals surface area contributed by atoms with Crippen molar-refractivity contribution in [2.75, 3.05) is 12.3 Å². The lowest BCUT2D eigenvalue weighted by atomic mass is 9.94. The molecule has 0 fully saturated rings. The molecule has 2 aromatic rings. The molecule has 0 aliphatic carbocycles. The molecule has 1 aromatic carbocycles. The summed E-state index contributed by atoms with van der Waals surface area (Å²) in [7, 11) is 1.38. The number of benzene rings is 1. The second-order valence-corrected chi connectivity index (χ2v) is 7.79. The molecule has 0 saturated carbocycles. The first-order chi connectivity index (χ1) is 13.7. The minimum atomic E-state index is -0.633. The van der Waals surface area contributed by atoms with Crippen LogP contribution >= 0.6 is 0 Å². The first kappa shape index (κ1) is 22.6. The Kier molecular flexibility index (Phi) is 7.56. The Morgan fingerprint density at radius 3 is 2.28 bits per heavy atom. The van der Waals surface area contributed by atoms with Gasteiger partial charge in [-0.1, -0.05) is 52.0 Å². The molecule has 0 amide bonds. The number of aromatic nitrogens is 2. The van der Waals surface area contributed by atoms with E-state index in [-0.39, 0.29) is 29.8 Å². The van der Waals surface area contributed by atoms with Crippen LogP contribution in [-0.4, -0.2) is 21.5 Å². The SMILES string of the molecule is CCCn1c(N)c(C(=O)C[NH2+][C@H](c2ccc(CC)cc2)C(C)C)c(=O)n(C)c1=O. The Bertz CT molecular complexity index is 971. The predicted octanol–water partition coefficient (Wildman–Crippen LogP) is 1.25. The van der Waals surface area contributed by atoms with Crippen molar-refractivity contribution in [3.8, 4) is 0 Å². The molecule has 0 saturated heterocycles. The van der Waals surface area contributed by atoms with E-state index >= 15 is 0 Å². The van der Waals surface area contributed by atoms with Gasteiger partial charge in [0.25, 0.3) is 5.56 Å². The lowest BCUT2D eigenvalue weighted by Crippen LogP contribution is -2.88. The highest BCUT2D eigenvalue weighted by atomic mass is 16.2. The van der Waals surface area contributed by atoms with E-state index in [4.69, 9.17) is 5.73 Å². The summed E-state index contributed by atoms with van der Waals surface area (Å²) in [6, 6.07) is 8.48. The zero-order valence-corrected chi connectivity index (χ0v) is 18.1. The van der Waals surface area contributed by atoms with Gasteiger partial charge >= 0.3 is 5.69 Å². The van der Waals surface area contributed by atoms with Crippen LogP contribution in [0.5, 0.6) is 0 Å².